The van der Waals surface area contributed by atoms with Gasteiger partial charge in [-0.1, -0.05) is 69.9 Å². The second-order valence-electron chi connectivity index (χ2n) is 14.8. The fourth-order valence-corrected chi connectivity index (χ4v) is 7.31. The number of hydrogen-bond acceptors (Lipinski definition) is 7. The Morgan fingerprint density at radius 2 is 1.20 bits per heavy atom. The number of benzene rings is 1. The highest BCUT2D eigenvalue weighted by atomic mass is 16.6. The Kier molecular flexibility index (Phi) is 15.4. The van der Waals surface area contributed by atoms with Gasteiger partial charge in [0.1, 0.15) is 24.3 Å². The van der Waals surface area contributed by atoms with Crippen molar-refractivity contribution in [3.8, 4) is 0 Å². The molecule has 0 saturated heterocycles. The minimum atomic E-state index is -0.815. The summed E-state index contributed by atoms with van der Waals surface area (Å²) in [7, 11) is 0. The number of nitrogens with one attached hydrogen (secondary N) is 4. The molecule has 4 N–H and O–H groups in total. The average molecular weight is 685 g/mol. The van der Waals surface area contributed by atoms with Crippen molar-refractivity contribution in [1.29, 1.82) is 0 Å². The van der Waals surface area contributed by atoms with Crippen molar-refractivity contribution in [3.05, 3.63) is 35.9 Å². The lowest BCUT2D eigenvalue weighted by Crippen LogP contribution is -2.55. The predicted molar refractivity (Wildman–Crippen MR) is 188 cm³/mol. The van der Waals surface area contributed by atoms with Crippen molar-refractivity contribution >= 4 is 29.8 Å². The van der Waals surface area contributed by atoms with Crippen molar-refractivity contribution in [2.24, 2.45) is 23.7 Å². The monoisotopic (exact) mass is 684 g/mol. The van der Waals surface area contributed by atoms with Crippen LogP contribution in [0.5, 0.6) is 0 Å². The van der Waals surface area contributed by atoms with Crippen LogP contribution in [0.1, 0.15) is 118 Å². The van der Waals surface area contributed by atoms with Crippen molar-refractivity contribution in [1.82, 2.24) is 21.3 Å². The summed E-state index contributed by atoms with van der Waals surface area (Å²) in [4.78, 5) is 65.7. The summed E-state index contributed by atoms with van der Waals surface area (Å²) in [5, 5.41) is 11.8. The van der Waals surface area contributed by atoms with Crippen LogP contribution in [0.15, 0.2) is 30.3 Å². The van der Waals surface area contributed by atoms with Crippen LogP contribution in [0.2, 0.25) is 0 Å². The molecule has 49 heavy (non-hydrogen) atoms. The molecule has 0 bridgehead atoms. The molecule has 4 amide bonds. The maximum atomic E-state index is 13.7. The smallest absolute Gasteiger partial charge is 0.408 e. The third kappa shape index (κ3) is 12.3. The standard InChI is InChI=1S/C38H60N4O7/c1-8-31(41-34(44)25(4)40-37(47)49-38(5,6)7)27-19-13-15-21-29(27)35(45)39-24(3)33(43)42-32(9-2)28-20-14-16-22-30(28)36(46)48-23-26-17-11-10-12-18-26/h10-12,17-18,24-25,27-32H,8-9,13-16,19-23H2,1-7H3,(H,39,45)(H,40,47)(H,41,44)(H,42,43)/t24-,25-,27-,28-,29-,30-,31+,32+/m1/s1. The van der Waals surface area contributed by atoms with Crippen molar-refractivity contribution < 1.29 is 33.4 Å². The maximum absolute atomic E-state index is 13.7. The summed E-state index contributed by atoms with van der Waals surface area (Å²) in [6.45, 7) is 12.8. The van der Waals surface area contributed by atoms with E-state index in [2.05, 4.69) is 21.3 Å². The summed E-state index contributed by atoms with van der Waals surface area (Å²) in [5.74, 6) is -1.86. The highest BCUT2D eigenvalue weighted by Crippen LogP contribution is 2.36. The average Bonchev–Trinajstić information content (AvgIpc) is 3.07. The van der Waals surface area contributed by atoms with Crippen LogP contribution in [0.4, 0.5) is 4.79 Å². The lowest BCUT2D eigenvalue weighted by molar-refractivity contribution is -0.154. The van der Waals surface area contributed by atoms with E-state index < -0.39 is 23.8 Å². The zero-order chi connectivity index (χ0) is 36.1. The van der Waals surface area contributed by atoms with Gasteiger partial charge in [-0.2, -0.15) is 0 Å². The molecule has 11 heteroatoms. The van der Waals surface area contributed by atoms with Gasteiger partial charge in [-0.15, -0.1) is 0 Å². The Morgan fingerprint density at radius 3 is 1.73 bits per heavy atom. The topological polar surface area (TPSA) is 152 Å². The molecule has 0 radical (unpaired) electrons. The predicted octanol–water partition coefficient (Wildman–Crippen LogP) is 5.55. The Balaban J connectivity index is 1.58. The lowest BCUT2D eigenvalue weighted by atomic mass is 9.73. The summed E-state index contributed by atoms with van der Waals surface area (Å²) in [5.41, 5.74) is 0.251. The van der Waals surface area contributed by atoms with E-state index in [0.29, 0.717) is 19.3 Å². The van der Waals surface area contributed by atoms with E-state index >= 15 is 0 Å². The van der Waals surface area contributed by atoms with Gasteiger partial charge >= 0.3 is 12.1 Å². The first-order valence-corrected chi connectivity index (χ1v) is 18.3. The molecular weight excluding hydrogens is 624 g/mol. The molecule has 1 aromatic rings. The Hall–Kier alpha value is -3.63. The van der Waals surface area contributed by atoms with Crippen LogP contribution < -0.4 is 21.3 Å². The number of carbonyl (C=O) groups is 5. The highest BCUT2D eigenvalue weighted by molar-refractivity contribution is 5.89. The first-order valence-electron chi connectivity index (χ1n) is 18.3. The quantitative estimate of drug-likeness (QED) is 0.188. The van der Waals surface area contributed by atoms with Crippen LogP contribution >= 0.6 is 0 Å². The van der Waals surface area contributed by atoms with Gasteiger partial charge in [0.2, 0.25) is 17.7 Å². The zero-order valence-electron chi connectivity index (χ0n) is 30.6. The summed E-state index contributed by atoms with van der Waals surface area (Å²) in [6, 6.07) is 7.53. The van der Waals surface area contributed by atoms with Gasteiger partial charge in [0.25, 0.3) is 0 Å². The van der Waals surface area contributed by atoms with E-state index in [-0.39, 0.29) is 66.1 Å². The molecular formula is C38H60N4O7. The summed E-state index contributed by atoms with van der Waals surface area (Å²) >= 11 is 0. The summed E-state index contributed by atoms with van der Waals surface area (Å²) in [6.07, 6.45) is 7.34. The molecule has 3 rings (SSSR count). The van der Waals surface area contributed by atoms with Gasteiger partial charge in [0.05, 0.1) is 5.92 Å². The van der Waals surface area contributed by atoms with Gasteiger partial charge in [-0.3, -0.25) is 19.2 Å². The summed E-state index contributed by atoms with van der Waals surface area (Å²) < 4.78 is 11.0. The maximum Gasteiger partial charge on any atom is 0.408 e. The Bertz CT molecular complexity index is 1250. The number of amides is 4. The number of carbonyl (C=O) groups excluding carboxylic acids is 5. The molecule has 0 unspecified atom stereocenters. The minimum Gasteiger partial charge on any atom is -0.461 e. The first kappa shape index (κ1) is 39.8. The van der Waals surface area contributed by atoms with Crippen LogP contribution in [-0.2, 0) is 35.3 Å². The van der Waals surface area contributed by atoms with Crippen LogP contribution in [0.3, 0.4) is 0 Å². The van der Waals surface area contributed by atoms with E-state index in [0.717, 1.165) is 50.5 Å². The van der Waals surface area contributed by atoms with Gasteiger partial charge in [-0.25, -0.2) is 4.79 Å². The number of hydrogen-bond donors (Lipinski definition) is 4. The third-order valence-corrected chi connectivity index (χ3v) is 9.95. The van der Waals surface area contributed by atoms with E-state index in [1.807, 2.05) is 44.2 Å². The van der Waals surface area contributed by atoms with Crippen LogP contribution in [0.25, 0.3) is 0 Å². The number of esters is 1. The first-order chi connectivity index (χ1) is 23.2. The molecule has 2 aliphatic rings. The largest absolute Gasteiger partial charge is 0.461 e. The van der Waals surface area contributed by atoms with Gasteiger partial charge in [0, 0.05) is 18.0 Å². The van der Waals surface area contributed by atoms with Crippen LogP contribution in [0, 0.1) is 23.7 Å². The second-order valence-corrected chi connectivity index (χ2v) is 14.8. The number of ether oxygens (including phenoxy) is 2. The van der Waals surface area contributed by atoms with Crippen molar-refractivity contribution in [2.45, 2.75) is 149 Å². The van der Waals surface area contributed by atoms with Gasteiger partial charge < -0.3 is 30.7 Å². The van der Waals surface area contributed by atoms with Crippen LogP contribution in [-0.4, -0.2) is 59.6 Å². The molecule has 0 aliphatic heterocycles. The molecule has 274 valence electrons. The molecule has 11 nitrogen and oxygen atoms in total. The fourth-order valence-electron chi connectivity index (χ4n) is 7.31. The van der Waals surface area contributed by atoms with Gasteiger partial charge in [-0.05, 0) is 90.5 Å². The Labute approximate surface area is 292 Å². The Morgan fingerprint density at radius 1 is 0.714 bits per heavy atom. The molecule has 2 saturated carbocycles. The third-order valence-electron chi connectivity index (χ3n) is 9.95. The van der Waals surface area contributed by atoms with E-state index in [1.165, 1.54) is 0 Å². The number of rotatable bonds is 14. The zero-order valence-corrected chi connectivity index (χ0v) is 30.6. The fraction of sp³-hybridized carbons (Fsp3) is 0.711. The molecule has 2 aliphatic carbocycles. The second kappa shape index (κ2) is 18.9. The lowest BCUT2D eigenvalue weighted by Gasteiger charge is -2.38. The van der Waals surface area contributed by atoms with E-state index in [9.17, 15) is 24.0 Å². The molecule has 0 heterocycles. The van der Waals surface area contributed by atoms with E-state index in [4.69, 9.17) is 9.47 Å². The normalized spacial score (nSPS) is 23.5. The molecule has 0 aromatic heterocycles. The molecule has 1 aromatic carbocycles. The molecule has 0 spiro atoms. The SMILES string of the molecule is CC[C@H](NC(=O)[C@@H](C)NC(=O)OC(C)(C)C)[C@@H]1CCCC[C@H]1C(=O)N[C@H](C)C(=O)N[C@@H](CC)[C@@H]1CCCC[C@H]1C(=O)OCc1ccccc1. The van der Waals surface area contributed by atoms with Gasteiger partial charge in [0.15, 0.2) is 0 Å². The highest BCUT2D eigenvalue weighted by Gasteiger charge is 2.40. The molecule has 8 atom stereocenters. The molecule has 2 fully saturated rings. The minimum absolute atomic E-state index is 0.0438. The number of alkyl carbamates (subject to hydrolysis) is 1. The van der Waals surface area contributed by atoms with E-state index in [1.54, 1.807) is 34.6 Å². The van der Waals surface area contributed by atoms with Crippen molar-refractivity contribution in [2.75, 3.05) is 0 Å². The van der Waals surface area contributed by atoms with Crippen molar-refractivity contribution in [3.63, 3.8) is 0 Å².